The highest BCUT2D eigenvalue weighted by atomic mass is 35.5. The highest BCUT2D eigenvalue weighted by Gasteiger charge is 2.14. The molecule has 3 aromatic carbocycles. The van der Waals surface area contributed by atoms with Crippen LogP contribution >= 0.6 is 46.6 Å². The molecule has 0 saturated carbocycles. The van der Waals surface area contributed by atoms with Gasteiger partial charge in [-0.1, -0.05) is 83.0 Å². The number of carbonyl (C=O) groups is 1. The van der Waals surface area contributed by atoms with Gasteiger partial charge >= 0.3 is 0 Å². The lowest BCUT2D eigenvalue weighted by atomic mass is 10.2. The van der Waals surface area contributed by atoms with Crippen LogP contribution in [0.4, 0.5) is 0 Å². The number of aromatic nitrogens is 2. The summed E-state index contributed by atoms with van der Waals surface area (Å²) in [6.07, 6.45) is 1.48. The van der Waals surface area contributed by atoms with E-state index in [0.717, 1.165) is 21.8 Å². The number of benzene rings is 3. The average Bonchev–Trinajstić information content (AvgIpc) is 3.13. The maximum absolute atomic E-state index is 12.3. The summed E-state index contributed by atoms with van der Waals surface area (Å²) < 4.78 is 2.06. The molecule has 9 heteroatoms. The number of hydrogen-bond acceptors (Lipinski definition) is 4. The summed E-state index contributed by atoms with van der Waals surface area (Å²) in [4.78, 5) is 17.0. The van der Waals surface area contributed by atoms with Crippen molar-refractivity contribution >= 4 is 69.7 Å². The van der Waals surface area contributed by atoms with Crippen LogP contribution in [0.1, 0.15) is 11.1 Å². The van der Waals surface area contributed by atoms with E-state index in [1.807, 2.05) is 48.5 Å². The predicted molar refractivity (Wildman–Crippen MR) is 133 cm³/mol. The first-order valence-corrected chi connectivity index (χ1v) is 11.7. The van der Waals surface area contributed by atoms with Gasteiger partial charge < -0.3 is 4.57 Å². The zero-order valence-electron chi connectivity index (χ0n) is 16.6. The van der Waals surface area contributed by atoms with Gasteiger partial charge in [0.05, 0.1) is 34.6 Å². The molecule has 1 N–H and O–H groups in total. The molecule has 0 unspecified atom stereocenters. The molecule has 0 aliphatic heterocycles. The van der Waals surface area contributed by atoms with Gasteiger partial charge in [0.1, 0.15) is 0 Å². The number of imidazole rings is 1. The zero-order valence-corrected chi connectivity index (χ0v) is 19.7. The molecular formula is C23H17Cl3N4OS. The van der Waals surface area contributed by atoms with Gasteiger partial charge in [-0.05, 0) is 35.9 Å². The van der Waals surface area contributed by atoms with Gasteiger partial charge in [-0.15, -0.1) is 0 Å². The Hall–Kier alpha value is -2.51. The molecule has 4 aromatic rings. The van der Waals surface area contributed by atoms with Gasteiger partial charge in [-0.2, -0.15) is 5.10 Å². The van der Waals surface area contributed by atoms with Crippen LogP contribution in [0.2, 0.25) is 15.1 Å². The van der Waals surface area contributed by atoms with E-state index in [9.17, 15) is 4.79 Å². The molecule has 1 heterocycles. The lowest BCUT2D eigenvalue weighted by Gasteiger charge is -2.10. The van der Waals surface area contributed by atoms with Crippen LogP contribution in [-0.4, -0.2) is 27.4 Å². The molecule has 5 nitrogen and oxygen atoms in total. The summed E-state index contributed by atoms with van der Waals surface area (Å²) in [5.74, 6) is -0.106. The first kappa shape index (κ1) is 22.7. The van der Waals surface area contributed by atoms with Gasteiger partial charge in [0.15, 0.2) is 5.16 Å². The minimum Gasteiger partial charge on any atom is -0.314 e. The number of fused-ring (bicyclic) bond motifs is 1. The maximum atomic E-state index is 12.3. The van der Waals surface area contributed by atoms with Gasteiger partial charge in [-0.3, -0.25) is 4.79 Å². The molecule has 0 bridgehead atoms. The molecule has 0 saturated heterocycles. The Morgan fingerprint density at radius 3 is 2.62 bits per heavy atom. The smallest absolute Gasteiger partial charge is 0.250 e. The number of nitrogens with one attached hydrogen (secondary N) is 1. The van der Waals surface area contributed by atoms with E-state index in [1.54, 1.807) is 18.2 Å². The summed E-state index contributed by atoms with van der Waals surface area (Å²) in [6.45, 7) is 0.553. The highest BCUT2D eigenvalue weighted by molar-refractivity contribution is 7.99. The van der Waals surface area contributed by atoms with Crippen molar-refractivity contribution in [2.75, 3.05) is 5.75 Å². The van der Waals surface area contributed by atoms with Crippen LogP contribution in [-0.2, 0) is 11.3 Å². The molecule has 32 heavy (non-hydrogen) atoms. The molecule has 162 valence electrons. The Labute approximate surface area is 204 Å². The van der Waals surface area contributed by atoms with E-state index < -0.39 is 0 Å². The van der Waals surface area contributed by atoms with Crippen molar-refractivity contribution in [2.45, 2.75) is 11.7 Å². The van der Waals surface area contributed by atoms with Crippen molar-refractivity contribution in [2.24, 2.45) is 5.10 Å². The predicted octanol–water partition coefficient (Wildman–Crippen LogP) is 6.29. The summed E-state index contributed by atoms with van der Waals surface area (Å²) in [5.41, 5.74) is 5.99. The van der Waals surface area contributed by atoms with Crippen LogP contribution in [0.5, 0.6) is 0 Å². The monoisotopic (exact) mass is 502 g/mol. The van der Waals surface area contributed by atoms with Crippen LogP contribution in [0.15, 0.2) is 77.0 Å². The van der Waals surface area contributed by atoms with Crippen molar-refractivity contribution in [3.63, 3.8) is 0 Å². The first-order chi connectivity index (χ1) is 15.5. The molecule has 1 aromatic heterocycles. The van der Waals surface area contributed by atoms with Crippen molar-refractivity contribution in [1.29, 1.82) is 0 Å². The Balaban J connectivity index is 1.46. The maximum Gasteiger partial charge on any atom is 0.250 e. The Morgan fingerprint density at radius 1 is 1.03 bits per heavy atom. The van der Waals surface area contributed by atoms with Gasteiger partial charge in [-0.25, -0.2) is 10.4 Å². The van der Waals surface area contributed by atoms with Crippen molar-refractivity contribution in [1.82, 2.24) is 15.0 Å². The third kappa shape index (κ3) is 5.45. The lowest BCUT2D eigenvalue weighted by molar-refractivity contribution is -0.118. The number of amides is 1. The first-order valence-electron chi connectivity index (χ1n) is 9.59. The second-order valence-corrected chi connectivity index (χ2v) is 9.00. The van der Waals surface area contributed by atoms with Gasteiger partial charge in [0, 0.05) is 15.6 Å². The van der Waals surface area contributed by atoms with E-state index in [2.05, 4.69) is 15.1 Å². The average molecular weight is 504 g/mol. The number of halogens is 3. The van der Waals surface area contributed by atoms with E-state index in [1.165, 1.54) is 18.0 Å². The molecule has 0 atom stereocenters. The highest BCUT2D eigenvalue weighted by Crippen LogP contribution is 2.27. The minimum atomic E-state index is -0.257. The molecule has 0 spiro atoms. The largest absolute Gasteiger partial charge is 0.314 e. The fourth-order valence-electron chi connectivity index (χ4n) is 3.06. The second kappa shape index (κ2) is 10.4. The number of carbonyl (C=O) groups excluding carboxylic acids is 1. The Bertz CT molecular complexity index is 1310. The topological polar surface area (TPSA) is 59.3 Å². The van der Waals surface area contributed by atoms with Crippen molar-refractivity contribution in [3.8, 4) is 0 Å². The molecule has 4 rings (SSSR count). The zero-order chi connectivity index (χ0) is 22.5. The van der Waals surface area contributed by atoms with Crippen molar-refractivity contribution in [3.05, 3.63) is 92.9 Å². The third-order valence-electron chi connectivity index (χ3n) is 4.59. The van der Waals surface area contributed by atoms with Crippen LogP contribution in [0.3, 0.4) is 0 Å². The molecule has 0 aliphatic carbocycles. The van der Waals surface area contributed by atoms with E-state index in [-0.39, 0.29) is 11.7 Å². The number of para-hydroxylation sites is 2. The lowest BCUT2D eigenvalue weighted by Crippen LogP contribution is -2.20. The Kier molecular flexibility index (Phi) is 7.37. The van der Waals surface area contributed by atoms with Crippen molar-refractivity contribution < 1.29 is 4.79 Å². The fraction of sp³-hybridized carbons (Fsp3) is 0.0870. The number of nitrogens with zero attached hydrogens (tertiary/aromatic N) is 3. The Morgan fingerprint density at radius 2 is 1.81 bits per heavy atom. The normalized spacial score (nSPS) is 11.3. The fourth-order valence-corrected chi connectivity index (χ4v) is 4.51. The van der Waals surface area contributed by atoms with E-state index >= 15 is 0 Å². The van der Waals surface area contributed by atoms with Crippen LogP contribution < -0.4 is 5.43 Å². The van der Waals surface area contributed by atoms with Crippen LogP contribution in [0, 0.1) is 0 Å². The quantitative estimate of drug-likeness (QED) is 0.183. The molecule has 0 fully saturated rings. The third-order valence-corrected chi connectivity index (χ3v) is 6.50. The van der Waals surface area contributed by atoms with E-state index in [0.29, 0.717) is 27.2 Å². The molecule has 0 aliphatic rings. The molecule has 1 amide bonds. The molecular weight excluding hydrogens is 487 g/mol. The minimum absolute atomic E-state index is 0.150. The summed E-state index contributed by atoms with van der Waals surface area (Å²) in [6, 6.07) is 20.6. The standard InChI is InChI=1S/C23H17Cl3N4OS/c24-17-10-9-15(19(26)11-17)12-27-29-22(31)14-32-23-28-20-7-3-4-8-21(20)30(23)13-16-5-1-2-6-18(16)25/h1-12H,13-14H2,(H,29,31). The van der Waals surface area contributed by atoms with E-state index in [4.69, 9.17) is 39.8 Å². The SMILES string of the molecule is O=C(CSc1nc2ccccc2n1Cc1ccccc1Cl)NN=Cc1ccc(Cl)cc1Cl. The summed E-state index contributed by atoms with van der Waals surface area (Å²) in [5, 5.41) is 6.39. The number of thioether (sulfide) groups is 1. The van der Waals surface area contributed by atoms with Gasteiger partial charge in [0.25, 0.3) is 5.91 Å². The number of hydrazone groups is 1. The molecule has 0 radical (unpaired) electrons. The summed E-state index contributed by atoms with van der Waals surface area (Å²) >= 11 is 19.7. The van der Waals surface area contributed by atoms with Crippen LogP contribution in [0.25, 0.3) is 11.0 Å². The number of hydrogen-bond donors (Lipinski definition) is 1. The van der Waals surface area contributed by atoms with Gasteiger partial charge in [0.2, 0.25) is 0 Å². The number of rotatable bonds is 7. The summed E-state index contributed by atoms with van der Waals surface area (Å²) in [7, 11) is 0. The second-order valence-electron chi connectivity index (χ2n) is 6.81.